The molecule has 0 radical (unpaired) electrons. The van der Waals surface area contributed by atoms with Gasteiger partial charge in [0.1, 0.15) is 5.60 Å². The lowest BCUT2D eigenvalue weighted by atomic mass is 9.89. The number of aliphatic hydroxyl groups is 1. The van der Waals surface area contributed by atoms with Crippen molar-refractivity contribution in [2.45, 2.75) is 18.4 Å². The normalized spacial score (nSPS) is 27.5. The Kier molecular flexibility index (Phi) is 2.39. The van der Waals surface area contributed by atoms with E-state index in [0.717, 1.165) is 19.4 Å². The number of aromatic nitrogens is 1. The molecule has 0 bridgehead atoms. The number of nitrogens with zero attached hydrogens (tertiary/aromatic N) is 1. The molecule has 0 aliphatic carbocycles. The van der Waals surface area contributed by atoms with E-state index in [1.54, 1.807) is 18.3 Å². The summed E-state index contributed by atoms with van der Waals surface area (Å²) in [4.78, 5) is 4.16. The lowest BCUT2D eigenvalue weighted by Crippen LogP contribution is -2.44. The van der Waals surface area contributed by atoms with E-state index in [-0.39, 0.29) is 0 Å². The predicted octanol–water partition coefficient (Wildman–Crippen LogP) is 0.235. The number of hydrogen-bond donors (Lipinski definition) is 3. The van der Waals surface area contributed by atoms with Crippen LogP contribution in [0.1, 0.15) is 18.5 Å². The molecule has 4 heteroatoms. The minimum atomic E-state index is -0.885. The molecule has 2 heterocycles. The fourth-order valence-corrected chi connectivity index (χ4v) is 1.90. The molecule has 1 aromatic heterocycles. The van der Waals surface area contributed by atoms with Gasteiger partial charge in [-0.2, -0.15) is 0 Å². The third-order valence-electron chi connectivity index (χ3n) is 2.64. The summed E-state index contributed by atoms with van der Waals surface area (Å²) in [5.41, 5.74) is 6.07. The first-order valence-electron chi connectivity index (χ1n) is 4.86. The molecule has 4 N–H and O–H groups in total. The first kappa shape index (κ1) is 9.43. The van der Waals surface area contributed by atoms with Gasteiger partial charge in [-0.3, -0.25) is 4.98 Å². The van der Waals surface area contributed by atoms with Crippen LogP contribution in [0.15, 0.2) is 18.3 Å². The summed E-state index contributed by atoms with van der Waals surface area (Å²) in [6.07, 6.45) is 3.34. The number of piperidine rings is 1. The van der Waals surface area contributed by atoms with Crippen LogP contribution in [0.2, 0.25) is 0 Å². The molecule has 0 aromatic carbocycles. The Morgan fingerprint density at radius 2 is 2.43 bits per heavy atom. The Hall–Kier alpha value is -1.13. The zero-order chi connectivity index (χ0) is 10.0. The molecule has 1 atom stereocenters. The summed E-state index contributed by atoms with van der Waals surface area (Å²) in [6, 6.07) is 3.55. The first-order valence-corrected chi connectivity index (χ1v) is 4.86. The molecule has 2 rings (SSSR count). The van der Waals surface area contributed by atoms with Crippen molar-refractivity contribution in [3.05, 3.63) is 24.0 Å². The number of nitrogen functional groups attached to an aromatic ring is 1. The van der Waals surface area contributed by atoms with Gasteiger partial charge in [0.05, 0.1) is 11.4 Å². The van der Waals surface area contributed by atoms with Crippen LogP contribution in [0.5, 0.6) is 0 Å². The lowest BCUT2D eigenvalue weighted by molar-refractivity contribution is 0.00901. The molecule has 76 valence electrons. The zero-order valence-corrected chi connectivity index (χ0v) is 8.03. The van der Waals surface area contributed by atoms with Gasteiger partial charge in [0.2, 0.25) is 0 Å². The number of nitrogens with two attached hydrogens (primary N) is 1. The Morgan fingerprint density at radius 1 is 1.57 bits per heavy atom. The predicted molar refractivity (Wildman–Crippen MR) is 54.6 cm³/mol. The Labute approximate surface area is 83.2 Å². The number of nitrogens with one attached hydrogen (secondary N) is 1. The average molecular weight is 193 g/mol. The van der Waals surface area contributed by atoms with Crippen LogP contribution in [-0.2, 0) is 5.60 Å². The van der Waals surface area contributed by atoms with Crippen molar-refractivity contribution in [3.63, 3.8) is 0 Å². The number of pyridine rings is 1. The summed E-state index contributed by atoms with van der Waals surface area (Å²) in [6.45, 7) is 1.49. The minimum absolute atomic E-state index is 0.536. The van der Waals surface area contributed by atoms with Gasteiger partial charge < -0.3 is 16.2 Å². The maximum Gasteiger partial charge on any atom is 0.121 e. The van der Waals surface area contributed by atoms with E-state index in [9.17, 15) is 5.11 Å². The molecular formula is C10H15N3O. The smallest absolute Gasteiger partial charge is 0.121 e. The second kappa shape index (κ2) is 3.55. The quantitative estimate of drug-likeness (QED) is 0.597. The van der Waals surface area contributed by atoms with Crippen molar-refractivity contribution in [1.82, 2.24) is 10.3 Å². The molecule has 1 aromatic rings. The monoisotopic (exact) mass is 193 g/mol. The zero-order valence-electron chi connectivity index (χ0n) is 8.03. The van der Waals surface area contributed by atoms with Crippen molar-refractivity contribution in [2.24, 2.45) is 0 Å². The molecule has 0 amide bonds. The number of rotatable bonds is 1. The highest BCUT2D eigenvalue weighted by atomic mass is 16.3. The van der Waals surface area contributed by atoms with Crippen LogP contribution in [0.25, 0.3) is 0 Å². The summed E-state index contributed by atoms with van der Waals surface area (Å²) in [7, 11) is 0. The maximum atomic E-state index is 10.3. The molecule has 0 spiro atoms. The summed E-state index contributed by atoms with van der Waals surface area (Å²) < 4.78 is 0. The SMILES string of the molecule is Nc1cccnc1C1(O)CCCNC1. The molecule has 4 nitrogen and oxygen atoms in total. The highest BCUT2D eigenvalue weighted by Crippen LogP contribution is 2.29. The molecule has 1 fully saturated rings. The number of hydrogen-bond acceptors (Lipinski definition) is 4. The molecule has 1 saturated heterocycles. The van der Waals surface area contributed by atoms with Gasteiger partial charge in [0.15, 0.2) is 0 Å². The van der Waals surface area contributed by atoms with E-state index in [2.05, 4.69) is 10.3 Å². The Morgan fingerprint density at radius 3 is 3.07 bits per heavy atom. The van der Waals surface area contributed by atoms with Crippen LogP contribution < -0.4 is 11.1 Å². The van der Waals surface area contributed by atoms with Gasteiger partial charge in [-0.05, 0) is 31.5 Å². The maximum absolute atomic E-state index is 10.3. The number of β-amino-alcohol motifs (C(OH)–C–C–N with tert-alkyl or cyclic N) is 1. The first-order chi connectivity index (χ1) is 6.72. The third-order valence-corrected chi connectivity index (χ3v) is 2.64. The topological polar surface area (TPSA) is 71.2 Å². The molecule has 1 unspecified atom stereocenters. The lowest BCUT2D eigenvalue weighted by Gasteiger charge is -2.32. The second-order valence-corrected chi connectivity index (χ2v) is 3.75. The van der Waals surface area contributed by atoms with Crippen molar-refractivity contribution >= 4 is 5.69 Å². The van der Waals surface area contributed by atoms with Crippen LogP contribution in [0.3, 0.4) is 0 Å². The standard InChI is InChI=1S/C10H15N3O/c11-8-3-1-6-13-9(8)10(14)4-2-5-12-7-10/h1,3,6,12,14H,2,4-5,7,11H2. The fraction of sp³-hybridized carbons (Fsp3) is 0.500. The molecule has 14 heavy (non-hydrogen) atoms. The van der Waals surface area contributed by atoms with Crippen LogP contribution in [-0.4, -0.2) is 23.2 Å². The van der Waals surface area contributed by atoms with Crippen LogP contribution in [0, 0.1) is 0 Å². The number of anilines is 1. The highest BCUT2D eigenvalue weighted by molar-refractivity contribution is 5.45. The largest absolute Gasteiger partial charge is 0.397 e. The van der Waals surface area contributed by atoms with Gasteiger partial charge in [-0.25, -0.2) is 0 Å². The average Bonchev–Trinajstić information content (AvgIpc) is 2.19. The van der Waals surface area contributed by atoms with Crippen molar-refractivity contribution in [1.29, 1.82) is 0 Å². The van der Waals surface area contributed by atoms with Gasteiger partial charge >= 0.3 is 0 Å². The van der Waals surface area contributed by atoms with Crippen LogP contribution >= 0.6 is 0 Å². The van der Waals surface area contributed by atoms with Gasteiger partial charge in [0, 0.05) is 12.7 Å². The van der Waals surface area contributed by atoms with Gasteiger partial charge in [0.25, 0.3) is 0 Å². The Bertz CT molecular complexity index is 321. The molecular weight excluding hydrogens is 178 g/mol. The third kappa shape index (κ3) is 1.58. The molecule has 0 saturated carbocycles. The summed E-state index contributed by atoms with van der Waals surface area (Å²) in [5, 5.41) is 13.5. The van der Waals surface area contributed by atoms with Crippen LogP contribution in [0.4, 0.5) is 5.69 Å². The van der Waals surface area contributed by atoms with E-state index in [4.69, 9.17) is 5.73 Å². The molecule has 1 aliphatic heterocycles. The van der Waals surface area contributed by atoms with E-state index in [0.29, 0.717) is 17.9 Å². The fourth-order valence-electron chi connectivity index (χ4n) is 1.90. The van der Waals surface area contributed by atoms with Crippen molar-refractivity contribution in [2.75, 3.05) is 18.8 Å². The minimum Gasteiger partial charge on any atom is -0.397 e. The van der Waals surface area contributed by atoms with Gasteiger partial charge in [-0.1, -0.05) is 0 Å². The van der Waals surface area contributed by atoms with E-state index < -0.39 is 5.60 Å². The Balaban J connectivity index is 2.32. The van der Waals surface area contributed by atoms with Crippen molar-refractivity contribution < 1.29 is 5.11 Å². The second-order valence-electron chi connectivity index (χ2n) is 3.75. The van der Waals surface area contributed by atoms with E-state index in [1.807, 2.05) is 0 Å². The van der Waals surface area contributed by atoms with E-state index in [1.165, 1.54) is 0 Å². The summed E-state index contributed by atoms with van der Waals surface area (Å²) >= 11 is 0. The summed E-state index contributed by atoms with van der Waals surface area (Å²) in [5.74, 6) is 0. The highest BCUT2D eigenvalue weighted by Gasteiger charge is 2.33. The molecule has 1 aliphatic rings. The van der Waals surface area contributed by atoms with Gasteiger partial charge in [-0.15, -0.1) is 0 Å². The van der Waals surface area contributed by atoms with E-state index >= 15 is 0 Å². The van der Waals surface area contributed by atoms with Crippen molar-refractivity contribution in [3.8, 4) is 0 Å².